The van der Waals surface area contributed by atoms with Crippen molar-refractivity contribution in [2.24, 2.45) is 0 Å². The minimum atomic E-state index is -3.68. The van der Waals surface area contributed by atoms with Gasteiger partial charge in [0, 0.05) is 9.50 Å². The summed E-state index contributed by atoms with van der Waals surface area (Å²) in [5.41, 5.74) is 0.330. The van der Waals surface area contributed by atoms with E-state index in [0.717, 1.165) is 17.8 Å². The number of hydrogen-bond acceptors (Lipinski definition) is 4. The smallest absolute Gasteiger partial charge is 0.272 e. The van der Waals surface area contributed by atoms with Crippen LogP contribution in [0, 0.1) is 0 Å². The van der Waals surface area contributed by atoms with Gasteiger partial charge in [0.15, 0.2) is 4.21 Å². The van der Waals surface area contributed by atoms with Gasteiger partial charge in [-0.2, -0.15) is 0 Å². The lowest BCUT2D eigenvalue weighted by molar-refractivity contribution is 0.319. The lowest BCUT2D eigenvalue weighted by Gasteiger charge is -2.13. The van der Waals surface area contributed by atoms with Crippen LogP contribution in [0.5, 0.6) is 5.75 Å². The second kappa shape index (κ2) is 7.00. The molecule has 0 aliphatic carbocycles. The highest BCUT2D eigenvalue weighted by Gasteiger charge is 2.21. The van der Waals surface area contributed by atoms with Gasteiger partial charge in [-0.15, -0.1) is 11.3 Å². The van der Waals surface area contributed by atoms with Crippen molar-refractivity contribution in [3.8, 4) is 5.75 Å². The molecule has 0 saturated carbocycles. The molecule has 8 heteroatoms. The Hall–Kier alpha value is -0.760. The summed E-state index contributed by atoms with van der Waals surface area (Å²) in [6, 6.07) is 6.53. The Labute approximate surface area is 141 Å². The summed E-state index contributed by atoms with van der Waals surface area (Å²) in [5, 5.41) is 2.13. The van der Waals surface area contributed by atoms with E-state index < -0.39 is 10.0 Å². The van der Waals surface area contributed by atoms with Crippen molar-refractivity contribution < 1.29 is 13.2 Å². The number of benzene rings is 1. The third kappa shape index (κ3) is 4.12. The van der Waals surface area contributed by atoms with E-state index in [0.29, 0.717) is 27.5 Å². The lowest BCUT2D eigenvalue weighted by atomic mass is 10.3. The monoisotopic (exact) mass is 409 g/mol. The zero-order valence-corrected chi connectivity index (χ0v) is 15.1. The summed E-state index contributed by atoms with van der Waals surface area (Å²) in [6.07, 6.45) is 0.825. The summed E-state index contributed by atoms with van der Waals surface area (Å²) in [5.74, 6) is 0.456. The molecule has 1 aromatic carbocycles. The number of thiophene rings is 1. The van der Waals surface area contributed by atoms with E-state index >= 15 is 0 Å². The molecule has 1 N–H and O–H groups in total. The molecule has 114 valence electrons. The molecular weight excluding hydrogens is 398 g/mol. The molecule has 2 rings (SSSR count). The second-order valence-electron chi connectivity index (χ2n) is 4.15. The number of halogens is 2. The van der Waals surface area contributed by atoms with Gasteiger partial charge in [0.1, 0.15) is 5.75 Å². The van der Waals surface area contributed by atoms with Crippen LogP contribution in [0.25, 0.3) is 0 Å². The Balaban J connectivity index is 2.34. The Morgan fingerprint density at radius 3 is 2.76 bits per heavy atom. The molecule has 0 aliphatic heterocycles. The Morgan fingerprint density at radius 1 is 1.38 bits per heavy atom. The second-order valence-corrected chi connectivity index (χ2v) is 8.23. The molecule has 4 nitrogen and oxygen atoms in total. The molecule has 21 heavy (non-hydrogen) atoms. The van der Waals surface area contributed by atoms with Gasteiger partial charge >= 0.3 is 0 Å². The molecule has 0 bridgehead atoms. The van der Waals surface area contributed by atoms with Crippen LogP contribution in [0.15, 0.2) is 38.3 Å². The van der Waals surface area contributed by atoms with Crippen LogP contribution in [0.3, 0.4) is 0 Å². The fourth-order valence-electron chi connectivity index (χ4n) is 1.58. The summed E-state index contributed by atoms with van der Waals surface area (Å²) in [4.78, 5) is 0. The van der Waals surface area contributed by atoms with E-state index in [9.17, 15) is 8.42 Å². The zero-order valence-electron chi connectivity index (χ0n) is 11.1. The number of hydrogen-bond donors (Lipinski definition) is 1. The van der Waals surface area contributed by atoms with Gasteiger partial charge in [0.2, 0.25) is 0 Å². The molecule has 0 spiro atoms. The van der Waals surface area contributed by atoms with E-state index in [2.05, 4.69) is 20.7 Å². The van der Waals surface area contributed by atoms with Crippen LogP contribution in [-0.4, -0.2) is 15.0 Å². The van der Waals surface area contributed by atoms with Crippen LogP contribution in [-0.2, 0) is 10.0 Å². The molecule has 1 aromatic heterocycles. The van der Waals surface area contributed by atoms with Crippen LogP contribution in [0.4, 0.5) is 5.69 Å². The first-order valence-corrected chi connectivity index (χ1v) is 9.65. The minimum Gasteiger partial charge on any atom is -0.491 e. The van der Waals surface area contributed by atoms with Gasteiger partial charge in [-0.1, -0.05) is 18.5 Å². The lowest BCUT2D eigenvalue weighted by Crippen LogP contribution is -2.13. The standard InChI is InChI=1S/C13H13BrClNO3S2/c1-2-6-19-12-4-3-9(15)8-11(12)16-21(17,18)13-10(14)5-7-20-13/h3-5,7-8,16H,2,6H2,1H3. The van der Waals surface area contributed by atoms with Gasteiger partial charge < -0.3 is 4.74 Å². The highest BCUT2D eigenvalue weighted by molar-refractivity contribution is 9.10. The van der Waals surface area contributed by atoms with Crippen LogP contribution >= 0.6 is 38.9 Å². The van der Waals surface area contributed by atoms with E-state index in [-0.39, 0.29) is 4.21 Å². The Morgan fingerprint density at radius 2 is 2.14 bits per heavy atom. The molecule has 0 radical (unpaired) electrons. The van der Waals surface area contributed by atoms with E-state index in [1.807, 2.05) is 6.92 Å². The number of ether oxygens (including phenoxy) is 1. The quantitative estimate of drug-likeness (QED) is 0.747. The van der Waals surface area contributed by atoms with Crippen LogP contribution in [0.1, 0.15) is 13.3 Å². The maximum atomic E-state index is 12.4. The molecule has 1 heterocycles. The normalized spacial score (nSPS) is 11.4. The first-order valence-electron chi connectivity index (χ1n) is 6.12. The first-order chi connectivity index (χ1) is 9.94. The molecular formula is C13H13BrClNO3S2. The molecule has 0 aliphatic rings. The highest BCUT2D eigenvalue weighted by Crippen LogP contribution is 2.33. The molecule has 0 atom stereocenters. The Kier molecular flexibility index (Phi) is 5.54. The SMILES string of the molecule is CCCOc1ccc(Cl)cc1NS(=O)(=O)c1sccc1Br. The van der Waals surface area contributed by atoms with Crippen molar-refractivity contribution in [2.45, 2.75) is 17.6 Å². The average Bonchev–Trinajstić information content (AvgIpc) is 2.84. The largest absolute Gasteiger partial charge is 0.491 e. The fraction of sp³-hybridized carbons (Fsp3) is 0.231. The predicted molar refractivity (Wildman–Crippen MR) is 90.1 cm³/mol. The van der Waals surface area contributed by atoms with Crippen molar-refractivity contribution in [1.29, 1.82) is 0 Å². The van der Waals surface area contributed by atoms with E-state index in [1.165, 1.54) is 6.07 Å². The first kappa shape index (κ1) is 16.6. The van der Waals surface area contributed by atoms with Gasteiger partial charge in [0.05, 0.1) is 12.3 Å². The van der Waals surface area contributed by atoms with Crippen LogP contribution in [0.2, 0.25) is 5.02 Å². The maximum absolute atomic E-state index is 12.4. The Bertz CT molecular complexity index is 731. The summed E-state index contributed by atoms with van der Waals surface area (Å²) >= 11 is 10.3. The predicted octanol–water partition coefficient (Wildman–Crippen LogP) is 4.75. The van der Waals surface area contributed by atoms with Crippen molar-refractivity contribution >= 4 is 54.6 Å². The number of anilines is 1. The molecule has 0 fully saturated rings. The van der Waals surface area contributed by atoms with Crippen molar-refractivity contribution in [2.75, 3.05) is 11.3 Å². The van der Waals surface area contributed by atoms with Crippen LogP contribution < -0.4 is 9.46 Å². The van der Waals surface area contributed by atoms with E-state index in [1.54, 1.807) is 23.6 Å². The van der Waals surface area contributed by atoms with Gasteiger partial charge in [0.25, 0.3) is 10.0 Å². The number of rotatable bonds is 6. The molecule has 0 amide bonds. The third-order valence-electron chi connectivity index (χ3n) is 2.48. The molecule has 0 saturated heterocycles. The van der Waals surface area contributed by atoms with Crippen molar-refractivity contribution in [3.05, 3.63) is 39.1 Å². The summed E-state index contributed by atoms with van der Waals surface area (Å²) in [7, 11) is -3.68. The van der Waals surface area contributed by atoms with Crippen molar-refractivity contribution in [3.63, 3.8) is 0 Å². The topological polar surface area (TPSA) is 55.4 Å². The van der Waals surface area contributed by atoms with Gasteiger partial charge in [-0.05, 0) is 52.0 Å². The van der Waals surface area contributed by atoms with Gasteiger partial charge in [-0.25, -0.2) is 8.42 Å². The summed E-state index contributed by atoms with van der Waals surface area (Å²) in [6.45, 7) is 2.47. The summed E-state index contributed by atoms with van der Waals surface area (Å²) < 4.78 is 33.6. The van der Waals surface area contributed by atoms with Gasteiger partial charge in [-0.3, -0.25) is 4.72 Å². The molecule has 2 aromatic rings. The third-order valence-corrected chi connectivity index (χ3v) is 6.75. The molecule has 0 unspecified atom stereocenters. The highest BCUT2D eigenvalue weighted by atomic mass is 79.9. The maximum Gasteiger partial charge on any atom is 0.272 e. The van der Waals surface area contributed by atoms with E-state index in [4.69, 9.17) is 16.3 Å². The number of sulfonamides is 1. The minimum absolute atomic E-state index is 0.212. The number of nitrogens with one attached hydrogen (secondary N) is 1. The zero-order chi connectivity index (χ0) is 15.5. The average molecular weight is 411 g/mol. The van der Waals surface area contributed by atoms with Crippen molar-refractivity contribution in [1.82, 2.24) is 0 Å². The fourth-order valence-corrected chi connectivity index (χ4v) is 5.15.